The fraction of sp³-hybridized carbons (Fsp3) is 0.833. The van der Waals surface area contributed by atoms with Gasteiger partial charge in [0.05, 0.1) is 24.9 Å². The Labute approximate surface area is 295 Å². The number of epoxide rings is 1. The molecule has 16 atom stereocenters. The number of fused-ring (bicyclic) bond motifs is 1. The SMILES string of the molecule is CCC1OC(=O)/C=C/[C@H](C)C(O[C@@H]2O[C@H](C)C[C@H](N(C)C)[C@H]2O)CC[C@@H](C)C(=O)/C=C/[C@H]2O[C@H]2[C@]1(O)CO[C@@H]1O[C@H](C)[C@@H](O)[C@@H](OC)[C@H]1OC. The normalized spacial score (nSPS) is 46.2. The number of allylic oxidation sites excluding steroid dienone is 1. The predicted octanol–water partition coefficient (Wildman–Crippen LogP) is 1.52. The van der Waals surface area contributed by atoms with Crippen LogP contribution < -0.4 is 0 Å². The first-order chi connectivity index (χ1) is 23.6. The minimum atomic E-state index is -1.85. The molecule has 4 heterocycles. The molecule has 4 rings (SSSR count). The van der Waals surface area contributed by atoms with Crippen molar-refractivity contribution in [3.63, 3.8) is 0 Å². The van der Waals surface area contributed by atoms with Crippen LogP contribution in [0.4, 0.5) is 0 Å². The van der Waals surface area contributed by atoms with Crippen molar-refractivity contribution in [2.24, 2.45) is 11.8 Å². The maximum absolute atomic E-state index is 13.3. The van der Waals surface area contributed by atoms with E-state index in [1.807, 2.05) is 39.8 Å². The molecule has 0 radical (unpaired) electrons. The molecule has 2 unspecified atom stereocenters. The number of hydrogen-bond acceptors (Lipinski definition) is 14. The van der Waals surface area contributed by atoms with Gasteiger partial charge in [-0.05, 0) is 65.8 Å². The van der Waals surface area contributed by atoms with Crippen molar-refractivity contribution >= 4 is 11.8 Å². The molecule has 0 aromatic rings. The molecule has 0 spiro atoms. The molecule has 0 saturated carbocycles. The minimum absolute atomic E-state index is 0.113. The predicted molar refractivity (Wildman–Crippen MR) is 180 cm³/mol. The zero-order chi connectivity index (χ0) is 36.9. The number of hydrogen-bond donors (Lipinski definition) is 3. The van der Waals surface area contributed by atoms with Gasteiger partial charge in [0.15, 0.2) is 24.0 Å². The molecule has 0 aliphatic carbocycles. The third-order valence-electron chi connectivity index (χ3n) is 10.5. The second kappa shape index (κ2) is 17.8. The lowest BCUT2D eigenvalue weighted by atomic mass is 9.89. The lowest BCUT2D eigenvalue weighted by molar-refractivity contribution is -0.313. The number of likely N-dealkylation sites (N-methyl/N-ethyl adjacent to an activating group) is 1. The maximum atomic E-state index is 13.3. The molecule has 3 N–H and O–H groups in total. The molecule has 3 fully saturated rings. The van der Waals surface area contributed by atoms with Crippen molar-refractivity contribution in [3.05, 3.63) is 24.3 Å². The monoisotopic (exact) mass is 713 g/mol. The van der Waals surface area contributed by atoms with Crippen LogP contribution in [0.25, 0.3) is 0 Å². The number of aliphatic hydroxyl groups is 3. The van der Waals surface area contributed by atoms with Crippen LogP contribution in [0.2, 0.25) is 0 Å². The lowest BCUT2D eigenvalue weighted by Crippen LogP contribution is -2.60. The molecule has 3 saturated heterocycles. The first-order valence-electron chi connectivity index (χ1n) is 17.8. The van der Waals surface area contributed by atoms with Crippen LogP contribution in [0.5, 0.6) is 0 Å². The summed E-state index contributed by atoms with van der Waals surface area (Å²) in [5, 5.41) is 33.9. The summed E-state index contributed by atoms with van der Waals surface area (Å²) >= 11 is 0. The van der Waals surface area contributed by atoms with Gasteiger partial charge in [-0.2, -0.15) is 0 Å². The van der Waals surface area contributed by atoms with Crippen molar-refractivity contribution in [3.8, 4) is 0 Å². The second-order valence-corrected chi connectivity index (χ2v) is 14.5. The molecule has 50 heavy (non-hydrogen) atoms. The molecule has 0 aromatic carbocycles. The fourth-order valence-corrected chi connectivity index (χ4v) is 7.15. The summed E-state index contributed by atoms with van der Waals surface area (Å²) in [7, 11) is 6.70. The van der Waals surface area contributed by atoms with Gasteiger partial charge < -0.3 is 58.1 Å². The lowest BCUT2D eigenvalue weighted by Gasteiger charge is -2.43. The topological polar surface area (TPSA) is 175 Å². The number of nitrogens with zero attached hydrogens (tertiary/aromatic N) is 1. The van der Waals surface area contributed by atoms with E-state index in [0.29, 0.717) is 19.3 Å². The number of rotatable bonds is 9. The van der Waals surface area contributed by atoms with Gasteiger partial charge in [-0.25, -0.2) is 4.79 Å². The fourth-order valence-electron chi connectivity index (χ4n) is 7.15. The van der Waals surface area contributed by atoms with E-state index in [4.69, 9.17) is 37.9 Å². The van der Waals surface area contributed by atoms with E-state index < -0.39 is 79.1 Å². The van der Waals surface area contributed by atoms with Crippen LogP contribution >= 0.6 is 0 Å². The molecule has 14 heteroatoms. The van der Waals surface area contributed by atoms with Crippen LogP contribution in [0, 0.1) is 11.8 Å². The van der Waals surface area contributed by atoms with Crippen LogP contribution in [0.15, 0.2) is 24.3 Å². The van der Waals surface area contributed by atoms with Gasteiger partial charge in [0.1, 0.15) is 42.7 Å². The van der Waals surface area contributed by atoms with Gasteiger partial charge in [-0.1, -0.05) is 26.8 Å². The summed E-state index contributed by atoms with van der Waals surface area (Å²) in [5.41, 5.74) is -1.85. The van der Waals surface area contributed by atoms with Crippen molar-refractivity contribution in [2.75, 3.05) is 34.9 Å². The van der Waals surface area contributed by atoms with E-state index in [1.54, 1.807) is 26.0 Å². The van der Waals surface area contributed by atoms with E-state index in [1.165, 1.54) is 26.4 Å². The van der Waals surface area contributed by atoms with Crippen LogP contribution in [-0.2, 0) is 47.5 Å². The first kappa shape index (κ1) is 40.9. The van der Waals surface area contributed by atoms with Crippen molar-refractivity contribution in [1.82, 2.24) is 4.90 Å². The zero-order valence-corrected chi connectivity index (χ0v) is 30.9. The van der Waals surface area contributed by atoms with Gasteiger partial charge in [0.2, 0.25) is 0 Å². The van der Waals surface area contributed by atoms with Gasteiger partial charge in [-0.3, -0.25) is 4.79 Å². The van der Waals surface area contributed by atoms with E-state index in [2.05, 4.69) is 0 Å². The summed E-state index contributed by atoms with van der Waals surface area (Å²) in [6.07, 6.45) is -1.38. The Balaban J connectivity index is 1.57. The van der Waals surface area contributed by atoms with E-state index in [0.717, 1.165) is 0 Å². The third kappa shape index (κ3) is 9.58. The van der Waals surface area contributed by atoms with E-state index in [-0.39, 0.29) is 42.8 Å². The van der Waals surface area contributed by atoms with Crippen LogP contribution in [0.3, 0.4) is 0 Å². The molecule has 4 aliphatic rings. The number of esters is 1. The zero-order valence-electron chi connectivity index (χ0n) is 30.9. The van der Waals surface area contributed by atoms with Crippen LogP contribution in [0.1, 0.15) is 60.3 Å². The van der Waals surface area contributed by atoms with E-state index in [9.17, 15) is 24.9 Å². The smallest absolute Gasteiger partial charge is 0.330 e. The number of carbonyl (C=O) groups is 2. The molecule has 0 amide bonds. The van der Waals surface area contributed by atoms with Crippen molar-refractivity contribution in [1.29, 1.82) is 0 Å². The molecule has 0 aromatic heterocycles. The average molecular weight is 714 g/mol. The van der Waals surface area contributed by atoms with Gasteiger partial charge in [-0.15, -0.1) is 0 Å². The largest absolute Gasteiger partial charge is 0.456 e. The third-order valence-corrected chi connectivity index (χ3v) is 10.5. The Morgan fingerprint density at radius 1 is 0.920 bits per heavy atom. The quantitative estimate of drug-likeness (QED) is 0.232. The molecular formula is C36H59NO13. The molecule has 286 valence electrons. The Morgan fingerprint density at radius 2 is 1.62 bits per heavy atom. The highest BCUT2D eigenvalue weighted by Crippen LogP contribution is 2.40. The standard InChI is InChI=1S/C36H59NO13/c1-10-27-36(42,18-45-35-32(44-9)31(43-8)29(40)22(5)47-35)33-26(48-33)15-13-24(38)19(2)11-14-25(20(3)12-16-28(39)50-27)49-34-30(41)23(37(6)7)17-21(4)46-34/h12-13,15-16,19-23,25-27,29-35,40-42H,10-11,14,17-18H2,1-9H3/b15-13+,16-12+/t19-,20+,21-,22-,23+,25?,26-,27?,29-,30-,31-,32-,33-,34+,35-,36+/m1/s1. The highest BCUT2D eigenvalue weighted by Gasteiger charge is 2.59. The first-order valence-corrected chi connectivity index (χ1v) is 17.8. The number of methoxy groups -OCH3 is 2. The van der Waals surface area contributed by atoms with Gasteiger partial charge in [0.25, 0.3) is 0 Å². The number of cyclic esters (lactones) is 1. The van der Waals surface area contributed by atoms with Gasteiger partial charge in [0, 0.05) is 38.2 Å². The van der Waals surface area contributed by atoms with Crippen molar-refractivity contribution < 1.29 is 62.8 Å². The average Bonchev–Trinajstić information content (AvgIpc) is 3.87. The highest BCUT2D eigenvalue weighted by molar-refractivity contribution is 5.91. The molecule has 14 nitrogen and oxygen atoms in total. The van der Waals surface area contributed by atoms with E-state index >= 15 is 0 Å². The van der Waals surface area contributed by atoms with Crippen molar-refractivity contribution in [2.45, 2.75) is 146 Å². The summed E-state index contributed by atoms with van der Waals surface area (Å²) in [4.78, 5) is 28.5. The second-order valence-electron chi connectivity index (χ2n) is 14.5. The summed E-state index contributed by atoms with van der Waals surface area (Å²) in [6.45, 7) is 8.72. The number of aliphatic hydroxyl groups excluding tert-OH is 2. The van der Waals surface area contributed by atoms with Gasteiger partial charge >= 0.3 is 5.97 Å². The molecule has 0 bridgehead atoms. The summed E-state index contributed by atoms with van der Waals surface area (Å²) in [5.74, 6) is -1.49. The minimum Gasteiger partial charge on any atom is -0.456 e. The maximum Gasteiger partial charge on any atom is 0.330 e. The van der Waals surface area contributed by atoms with Crippen LogP contribution in [-0.4, -0.2) is 152 Å². The Bertz CT molecular complexity index is 1180. The number of ether oxygens (including phenoxy) is 8. The Hall–Kier alpha value is -1.82. The Morgan fingerprint density at radius 3 is 2.26 bits per heavy atom. The molecular weight excluding hydrogens is 654 g/mol. The summed E-state index contributed by atoms with van der Waals surface area (Å²) in [6, 6.07) is -0.162. The summed E-state index contributed by atoms with van der Waals surface area (Å²) < 4.78 is 47.2. The number of ketones is 1. The molecule has 4 aliphatic heterocycles. The number of carbonyl (C=O) groups excluding carboxylic acids is 2. The Kier molecular flexibility index (Phi) is 14.6. The highest BCUT2D eigenvalue weighted by atomic mass is 16.7.